The highest BCUT2D eigenvalue weighted by Gasteiger charge is 2.28. The van der Waals surface area contributed by atoms with Crippen molar-refractivity contribution in [3.8, 4) is 5.75 Å². The van der Waals surface area contributed by atoms with E-state index in [1.807, 2.05) is 13.0 Å². The zero-order valence-corrected chi connectivity index (χ0v) is 24.2. The molecular formula is C30H41N5O7. The fourth-order valence-electron chi connectivity index (χ4n) is 4.06. The SMILES string of the molecule is CCCC[C@H](NC(=O)[C@H](Cc1ccccc1)NC(=O)CNC(=O)[C@@H](C)NC(=O)[C@@H](N)Cc1ccc(O)cc1)C(=O)OC. The number of nitrogens with one attached hydrogen (secondary N) is 4. The van der Waals surface area contributed by atoms with Gasteiger partial charge in [0.1, 0.15) is 23.9 Å². The maximum absolute atomic E-state index is 13.2. The van der Waals surface area contributed by atoms with Crippen LogP contribution in [0, 0.1) is 0 Å². The monoisotopic (exact) mass is 583 g/mol. The van der Waals surface area contributed by atoms with Crippen molar-refractivity contribution >= 4 is 29.6 Å². The number of rotatable bonds is 16. The third-order valence-corrected chi connectivity index (χ3v) is 6.49. The molecule has 0 heterocycles. The summed E-state index contributed by atoms with van der Waals surface area (Å²) >= 11 is 0. The van der Waals surface area contributed by atoms with Crippen molar-refractivity contribution in [1.82, 2.24) is 21.3 Å². The summed E-state index contributed by atoms with van der Waals surface area (Å²) in [4.78, 5) is 63.1. The average Bonchev–Trinajstić information content (AvgIpc) is 2.98. The van der Waals surface area contributed by atoms with E-state index in [1.54, 1.807) is 36.4 Å². The Kier molecular flexibility index (Phi) is 14.0. The van der Waals surface area contributed by atoms with Crippen LogP contribution in [0.2, 0.25) is 0 Å². The van der Waals surface area contributed by atoms with Crippen LogP contribution in [-0.2, 0) is 41.6 Å². The minimum atomic E-state index is -1.03. The number of hydrogen-bond donors (Lipinski definition) is 6. The Labute approximate surface area is 245 Å². The summed E-state index contributed by atoms with van der Waals surface area (Å²) in [5, 5.41) is 19.6. The van der Waals surface area contributed by atoms with Gasteiger partial charge in [-0.2, -0.15) is 0 Å². The van der Waals surface area contributed by atoms with Crippen molar-refractivity contribution in [2.24, 2.45) is 5.73 Å². The first kappa shape index (κ1) is 33.8. The number of nitrogens with two attached hydrogens (primary N) is 1. The molecule has 0 spiro atoms. The lowest BCUT2D eigenvalue weighted by atomic mass is 10.0. The zero-order valence-electron chi connectivity index (χ0n) is 24.2. The number of phenolic OH excluding ortho intramolecular Hbond substituents is 1. The number of ether oxygens (including phenoxy) is 1. The van der Waals surface area contributed by atoms with Crippen molar-refractivity contribution < 1.29 is 33.8 Å². The van der Waals surface area contributed by atoms with Gasteiger partial charge in [-0.15, -0.1) is 0 Å². The normalized spacial score (nSPS) is 13.5. The summed E-state index contributed by atoms with van der Waals surface area (Å²) in [5.41, 5.74) is 7.48. The predicted molar refractivity (Wildman–Crippen MR) is 156 cm³/mol. The van der Waals surface area contributed by atoms with E-state index in [1.165, 1.54) is 26.2 Å². The number of methoxy groups -OCH3 is 1. The van der Waals surface area contributed by atoms with Gasteiger partial charge >= 0.3 is 5.97 Å². The molecule has 12 heteroatoms. The Morgan fingerprint density at radius 1 is 0.833 bits per heavy atom. The third-order valence-electron chi connectivity index (χ3n) is 6.49. The number of carbonyl (C=O) groups excluding carboxylic acids is 5. The van der Waals surface area contributed by atoms with Crippen molar-refractivity contribution in [2.75, 3.05) is 13.7 Å². The number of esters is 1. The van der Waals surface area contributed by atoms with Gasteiger partial charge in [-0.25, -0.2) is 4.79 Å². The Hall–Kier alpha value is -4.45. The van der Waals surface area contributed by atoms with Crippen LogP contribution >= 0.6 is 0 Å². The van der Waals surface area contributed by atoms with Crippen molar-refractivity contribution in [3.05, 3.63) is 65.7 Å². The highest BCUT2D eigenvalue weighted by Crippen LogP contribution is 2.11. The number of benzene rings is 2. The lowest BCUT2D eigenvalue weighted by Crippen LogP contribution is -2.55. The van der Waals surface area contributed by atoms with E-state index >= 15 is 0 Å². The van der Waals surface area contributed by atoms with Gasteiger partial charge in [-0.3, -0.25) is 19.2 Å². The molecule has 12 nitrogen and oxygen atoms in total. The molecule has 2 aromatic carbocycles. The average molecular weight is 584 g/mol. The molecule has 0 saturated heterocycles. The van der Waals surface area contributed by atoms with Crippen LogP contribution in [0.5, 0.6) is 5.75 Å². The van der Waals surface area contributed by atoms with Crippen molar-refractivity contribution in [3.63, 3.8) is 0 Å². The quantitative estimate of drug-likeness (QED) is 0.154. The summed E-state index contributed by atoms with van der Waals surface area (Å²) in [6.07, 6.45) is 2.25. The lowest BCUT2D eigenvalue weighted by molar-refractivity contribution is -0.145. The van der Waals surface area contributed by atoms with Crippen LogP contribution in [0.3, 0.4) is 0 Å². The minimum Gasteiger partial charge on any atom is -0.508 e. The van der Waals surface area contributed by atoms with Crippen LogP contribution < -0.4 is 27.0 Å². The Morgan fingerprint density at radius 3 is 2.10 bits per heavy atom. The molecule has 7 N–H and O–H groups in total. The van der Waals surface area contributed by atoms with Crippen LogP contribution in [-0.4, -0.2) is 72.5 Å². The first-order chi connectivity index (χ1) is 20.0. The molecule has 0 bridgehead atoms. The molecule has 42 heavy (non-hydrogen) atoms. The predicted octanol–water partition coefficient (Wildman–Crippen LogP) is 0.458. The number of aromatic hydroxyl groups is 1. The topological polar surface area (TPSA) is 189 Å². The number of hydrogen-bond acceptors (Lipinski definition) is 8. The molecule has 0 aliphatic rings. The number of amides is 4. The van der Waals surface area contributed by atoms with Gasteiger partial charge in [0.25, 0.3) is 0 Å². The van der Waals surface area contributed by atoms with Gasteiger partial charge < -0.3 is 36.8 Å². The Morgan fingerprint density at radius 2 is 1.48 bits per heavy atom. The molecule has 0 aliphatic heterocycles. The number of phenols is 1. The highest BCUT2D eigenvalue weighted by atomic mass is 16.5. The second-order valence-electron chi connectivity index (χ2n) is 9.96. The van der Waals surface area contributed by atoms with Crippen LogP contribution in [0.25, 0.3) is 0 Å². The fourth-order valence-corrected chi connectivity index (χ4v) is 4.06. The van der Waals surface area contributed by atoms with Gasteiger partial charge in [-0.1, -0.05) is 62.2 Å². The van der Waals surface area contributed by atoms with E-state index in [0.717, 1.165) is 17.5 Å². The van der Waals surface area contributed by atoms with Gasteiger partial charge in [0.15, 0.2) is 0 Å². The molecule has 0 fully saturated rings. The highest BCUT2D eigenvalue weighted by molar-refractivity contribution is 5.94. The van der Waals surface area contributed by atoms with E-state index in [2.05, 4.69) is 21.3 Å². The molecule has 0 aliphatic carbocycles. The molecule has 0 saturated carbocycles. The van der Waals surface area contributed by atoms with E-state index < -0.39 is 60.3 Å². The molecular weight excluding hydrogens is 542 g/mol. The second-order valence-corrected chi connectivity index (χ2v) is 9.96. The summed E-state index contributed by atoms with van der Waals surface area (Å²) < 4.78 is 4.82. The maximum Gasteiger partial charge on any atom is 0.328 e. The molecule has 0 radical (unpaired) electrons. The van der Waals surface area contributed by atoms with E-state index in [9.17, 15) is 29.1 Å². The summed E-state index contributed by atoms with van der Waals surface area (Å²) in [6, 6.07) is 11.5. The summed E-state index contributed by atoms with van der Waals surface area (Å²) in [7, 11) is 1.24. The van der Waals surface area contributed by atoms with E-state index in [-0.39, 0.29) is 18.6 Å². The minimum absolute atomic E-state index is 0.0930. The fraction of sp³-hybridized carbons (Fsp3) is 0.433. The number of unbranched alkanes of at least 4 members (excludes halogenated alkanes) is 1. The van der Waals surface area contributed by atoms with Gasteiger partial charge in [-0.05, 0) is 43.0 Å². The largest absolute Gasteiger partial charge is 0.508 e. The molecule has 228 valence electrons. The maximum atomic E-state index is 13.2. The van der Waals surface area contributed by atoms with Crippen molar-refractivity contribution in [2.45, 2.75) is 70.1 Å². The van der Waals surface area contributed by atoms with Crippen LogP contribution in [0.4, 0.5) is 0 Å². The molecule has 2 aromatic rings. The second kappa shape index (κ2) is 17.4. The Bertz CT molecular complexity index is 1190. The zero-order chi connectivity index (χ0) is 31.1. The Balaban J connectivity index is 1.95. The van der Waals surface area contributed by atoms with Crippen LogP contribution in [0.15, 0.2) is 54.6 Å². The van der Waals surface area contributed by atoms with Crippen LogP contribution in [0.1, 0.15) is 44.2 Å². The van der Waals surface area contributed by atoms with Gasteiger partial charge in [0, 0.05) is 6.42 Å². The first-order valence-corrected chi connectivity index (χ1v) is 13.9. The molecule has 4 atom stereocenters. The lowest BCUT2D eigenvalue weighted by Gasteiger charge is -2.23. The van der Waals surface area contributed by atoms with E-state index in [4.69, 9.17) is 10.5 Å². The molecule has 4 amide bonds. The molecule has 0 aromatic heterocycles. The number of carbonyl (C=O) groups is 5. The van der Waals surface area contributed by atoms with Crippen molar-refractivity contribution in [1.29, 1.82) is 0 Å². The van der Waals surface area contributed by atoms with Gasteiger partial charge in [0.05, 0.1) is 19.7 Å². The van der Waals surface area contributed by atoms with Gasteiger partial charge in [0.2, 0.25) is 23.6 Å². The van der Waals surface area contributed by atoms with E-state index in [0.29, 0.717) is 12.8 Å². The third kappa shape index (κ3) is 11.6. The summed E-state index contributed by atoms with van der Waals surface area (Å²) in [6.45, 7) is 2.96. The standard InChI is InChI=1S/C30H41N5O7/c1-4-5-11-24(30(41)42-3)35-29(40)25(17-20-9-7-6-8-10-20)34-26(37)18-32-27(38)19(2)33-28(39)23(31)16-21-12-14-22(36)15-13-21/h6-10,12-15,19,23-25,36H,4-5,11,16-18,31H2,1-3H3,(H,32,38)(H,33,39)(H,34,37)(H,35,40)/t19-,23+,24+,25+/m1/s1. The smallest absolute Gasteiger partial charge is 0.328 e. The molecule has 2 rings (SSSR count). The summed E-state index contributed by atoms with van der Waals surface area (Å²) in [5.74, 6) is -2.86. The molecule has 0 unspecified atom stereocenters. The first-order valence-electron chi connectivity index (χ1n) is 13.9.